The zero-order valence-corrected chi connectivity index (χ0v) is 13.4. The number of rotatable bonds is 6. The Morgan fingerprint density at radius 1 is 0.667 bits per heavy atom. The predicted octanol–water partition coefficient (Wildman–Crippen LogP) is 5.04. The third kappa shape index (κ3) is 4.39. The maximum absolute atomic E-state index is 12.9. The van der Waals surface area contributed by atoms with Gasteiger partial charge in [0.25, 0.3) is 0 Å². The summed E-state index contributed by atoms with van der Waals surface area (Å²) in [5.41, 5.74) is 4.11. The van der Waals surface area contributed by atoms with Gasteiger partial charge in [0.05, 0.1) is 0 Å². The van der Waals surface area contributed by atoms with Gasteiger partial charge in [0.15, 0.2) is 5.78 Å². The normalized spacial score (nSPS) is 10.5. The first-order valence-electron chi connectivity index (χ1n) is 8.11. The number of halogens is 1. The van der Waals surface area contributed by atoms with Crippen molar-refractivity contribution in [3.05, 3.63) is 107 Å². The summed E-state index contributed by atoms with van der Waals surface area (Å²) in [6, 6.07) is 24.3. The van der Waals surface area contributed by atoms with Gasteiger partial charge in [0, 0.05) is 12.0 Å². The molecule has 0 radical (unpaired) electrons. The third-order valence-corrected chi connectivity index (χ3v) is 4.10. The van der Waals surface area contributed by atoms with E-state index < -0.39 is 0 Å². The van der Waals surface area contributed by atoms with Crippen LogP contribution in [0.4, 0.5) is 4.39 Å². The first-order chi connectivity index (χ1) is 11.7. The molecule has 0 amide bonds. The number of ketones is 1. The fraction of sp³-hybridized carbons (Fsp3) is 0.136. The Hall–Kier alpha value is -2.74. The summed E-state index contributed by atoms with van der Waals surface area (Å²) in [4.78, 5) is 12.2. The summed E-state index contributed by atoms with van der Waals surface area (Å²) in [5, 5.41) is 0. The zero-order chi connectivity index (χ0) is 16.8. The van der Waals surface area contributed by atoms with Gasteiger partial charge in [0.2, 0.25) is 0 Å². The largest absolute Gasteiger partial charge is 0.294 e. The molecule has 0 atom stereocenters. The van der Waals surface area contributed by atoms with Gasteiger partial charge in [-0.1, -0.05) is 54.6 Å². The first kappa shape index (κ1) is 16.1. The second kappa shape index (κ2) is 7.69. The van der Waals surface area contributed by atoms with Crippen LogP contribution in [0.25, 0.3) is 0 Å². The molecule has 1 nitrogen and oxygen atoms in total. The minimum Gasteiger partial charge on any atom is -0.294 e. The number of Topliss-reactive ketones (excluding diaryl/α,β-unsaturated/α-hetero) is 1. The summed E-state index contributed by atoms with van der Waals surface area (Å²) in [6.07, 6.45) is 2.33. The predicted molar refractivity (Wildman–Crippen MR) is 94.7 cm³/mol. The molecule has 0 aliphatic carbocycles. The molecule has 120 valence electrons. The topological polar surface area (TPSA) is 17.1 Å². The lowest BCUT2D eigenvalue weighted by atomic mass is 9.99. The number of hydrogen-bond acceptors (Lipinski definition) is 1. The van der Waals surface area contributed by atoms with Crippen molar-refractivity contribution in [1.29, 1.82) is 0 Å². The Bertz CT molecular complexity index is 790. The van der Waals surface area contributed by atoms with Crippen molar-refractivity contribution in [2.45, 2.75) is 19.3 Å². The molecule has 0 heterocycles. The smallest absolute Gasteiger partial charge is 0.167 e. The molecular formula is C22H19FO. The van der Waals surface area contributed by atoms with E-state index in [0.717, 1.165) is 18.4 Å². The summed E-state index contributed by atoms with van der Waals surface area (Å²) >= 11 is 0. The highest BCUT2D eigenvalue weighted by atomic mass is 19.1. The van der Waals surface area contributed by atoms with Crippen LogP contribution < -0.4 is 0 Å². The van der Waals surface area contributed by atoms with Gasteiger partial charge in [-0.15, -0.1) is 0 Å². The minimum absolute atomic E-state index is 0.00651. The molecule has 0 fully saturated rings. The Kier molecular flexibility index (Phi) is 5.17. The van der Waals surface area contributed by atoms with Crippen molar-refractivity contribution in [2.75, 3.05) is 0 Å². The second-order valence-corrected chi connectivity index (χ2v) is 5.91. The van der Waals surface area contributed by atoms with E-state index in [9.17, 15) is 9.18 Å². The molecule has 0 spiro atoms. The molecule has 0 aliphatic heterocycles. The first-order valence-corrected chi connectivity index (χ1v) is 8.11. The van der Waals surface area contributed by atoms with Crippen molar-refractivity contribution in [1.82, 2.24) is 0 Å². The number of aryl methyl sites for hydroxylation is 2. The molecular weight excluding hydrogens is 299 g/mol. The molecule has 0 aliphatic rings. The monoisotopic (exact) mass is 318 g/mol. The number of hydrogen-bond donors (Lipinski definition) is 0. The van der Waals surface area contributed by atoms with Gasteiger partial charge >= 0.3 is 0 Å². The van der Waals surface area contributed by atoms with E-state index in [-0.39, 0.29) is 11.6 Å². The minimum atomic E-state index is -0.325. The molecule has 0 bridgehead atoms. The highest BCUT2D eigenvalue weighted by Crippen LogP contribution is 2.12. The fourth-order valence-electron chi connectivity index (χ4n) is 2.68. The molecule has 0 saturated heterocycles. The van der Waals surface area contributed by atoms with Gasteiger partial charge < -0.3 is 0 Å². The van der Waals surface area contributed by atoms with Crippen LogP contribution in [0.5, 0.6) is 0 Å². The van der Waals surface area contributed by atoms with Crippen LogP contribution in [-0.2, 0) is 19.3 Å². The van der Waals surface area contributed by atoms with E-state index in [1.165, 1.54) is 35.4 Å². The molecule has 0 saturated carbocycles. The summed E-state index contributed by atoms with van der Waals surface area (Å²) in [5.74, 6) is -0.318. The molecule has 3 aromatic carbocycles. The standard InChI is InChI=1S/C22H19FO/c23-21-14-12-20(13-15-21)22(24)16-19-10-8-18(9-11-19)7-6-17-4-2-1-3-5-17/h1-5,8-15H,6-7,16H2. The van der Waals surface area contributed by atoms with Gasteiger partial charge in [0.1, 0.15) is 5.82 Å². The number of benzene rings is 3. The van der Waals surface area contributed by atoms with Crippen molar-refractivity contribution in [3.8, 4) is 0 Å². The van der Waals surface area contributed by atoms with Crippen LogP contribution in [0, 0.1) is 5.82 Å². The van der Waals surface area contributed by atoms with Crippen LogP contribution in [-0.4, -0.2) is 5.78 Å². The Balaban J connectivity index is 1.58. The van der Waals surface area contributed by atoms with Crippen LogP contribution in [0.2, 0.25) is 0 Å². The fourth-order valence-corrected chi connectivity index (χ4v) is 2.68. The Morgan fingerprint density at radius 2 is 1.21 bits per heavy atom. The van der Waals surface area contributed by atoms with Crippen LogP contribution in [0.1, 0.15) is 27.0 Å². The van der Waals surface area contributed by atoms with Crippen molar-refractivity contribution < 1.29 is 9.18 Å². The molecule has 2 heteroatoms. The highest BCUT2D eigenvalue weighted by Gasteiger charge is 2.07. The summed E-state index contributed by atoms with van der Waals surface area (Å²) < 4.78 is 12.9. The van der Waals surface area contributed by atoms with E-state index in [2.05, 4.69) is 36.4 Å². The van der Waals surface area contributed by atoms with Crippen molar-refractivity contribution >= 4 is 5.78 Å². The lowest BCUT2D eigenvalue weighted by Gasteiger charge is -2.05. The van der Waals surface area contributed by atoms with Crippen molar-refractivity contribution in [3.63, 3.8) is 0 Å². The molecule has 3 aromatic rings. The Morgan fingerprint density at radius 3 is 1.83 bits per heavy atom. The lowest BCUT2D eigenvalue weighted by Crippen LogP contribution is -2.03. The van der Waals surface area contributed by atoms with E-state index in [4.69, 9.17) is 0 Å². The average Bonchev–Trinajstić information content (AvgIpc) is 2.62. The molecule has 0 N–H and O–H groups in total. The SMILES string of the molecule is O=C(Cc1ccc(CCc2ccccc2)cc1)c1ccc(F)cc1. The maximum atomic E-state index is 12.9. The maximum Gasteiger partial charge on any atom is 0.167 e. The molecule has 3 rings (SSSR count). The van der Waals surface area contributed by atoms with E-state index in [1.54, 1.807) is 0 Å². The van der Waals surface area contributed by atoms with E-state index in [1.807, 2.05) is 18.2 Å². The lowest BCUT2D eigenvalue weighted by molar-refractivity contribution is 0.0993. The summed E-state index contributed by atoms with van der Waals surface area (Å²) in [6.45, 7) is 0. The van der Waals surface area contributed by atoms with Gasteiger partial charge in [-0.3, -0.25) is 4.79 Å². The van der Waals surface area contributed by atoms with Crippen LogP contribution >= 0.6 is 0 Å². The number of carbonyl (C=O) groups is 1. The van der Waals surface area contributed by atoms with E-state index in [0.29, 0.717) is 12.0 Å². The Labute approximate surface area is 141 Å². The van der Waals surface area contributed by atoms with Crippen LogP contribution in [0.15, 0.2) is 78.9 Å². The summed E-state index contributed by atoms with van der Waals surface area (Å²) in [7, 11) is 0. The molecule has 24 heavy (non-hydrogen) atoms. The van der Waals surface area contributed by atoms with Gasteiger partial charge in [-0.2, -0.15) is 0 Å². The van der Waals surface area contributed by atoms with Gasteiger partial charge in [-0.05, 0) is 53.8 Å². The quantitative estimate of drug-likeness (QED) is 0.582. The van der Waals surface area contributed by atoms with E-state index >= 15 is 0 Å². The average molecular weight is 318 g/mol. The second-order valence-electron chi connectivity index (χ2n) is 5.91. The number of carbonyl (C=O) groups excluding carboxylic acids is 1. The zero-order valence-electron chi connectivity index (χ0n) is 13.4. The third-order valence-electron chi connectivity index (χ3n) is 4.10. The van der Waals surface area contributed by atoms with Crippen LogP contribution in [0.3, 0.4) is 0 Å². The molecule has 0 aromatic heterocycles. The highest BCUT2D eigenvalue weighted by molar-refractivity contribution is 5.97. The molecule has 0 unspecified atom stereocenters. The van der Waals surface area contributed by atoms with Gasteiger partial charge in [-0.25, -0.2) is 4.39 Å². The van der Waals surface area contributed by atoms with Crippen molar-refractivity contribution in [2.24, 2.45) is 0 Å².